The van der Waals surface area contributed by atoms with Gasteiger partial charge in [-0.1, -0.05) is 26.7 Å². The van der Waals surface area contributed by atoms with Crippen LogP contribution in [0.25, 0.3) is 0 Å². The lowest BCUT2D eigenvalue weighted by Crippen LogP contribution is -2.20. The Labute approximate surface area is 105 Å². The van der Waals surface area contributed by atoms with Gasteiger partial charge in [0, 0.05) is 7.11 Å². The molecule has 0 spiro atoms. The van der Waals surface area contributed by atoms with Crippen LogP contribution >= 0.6 is 0 Å². The lowest BCUT2D eigenvalue weighted by molar-refractivity contribution is -0.150. The molecule has 17 heavy (non-hydrogen) atoms. The van der Waals surface area contributed by atoms with Crippen LogP contribution in [0.1, 0.15) is 39.5 Å². The quantitative estimate of drug-likeness (QED) is 0.415. The van der Waals surface area contributed by atoms with Gasteiger partial charge in [0.1, 0.15) is 6.61 Å². The highest BCUT2D eigenvalue weighted by Gasteiger charge is 2.16. The maximum absolute atomic E-state index is 11.7. The average Bonchev–Trinajstić information content (AvgIpc) is 2.34. The Morgan fingerprint density at radius 1 is 1.12 bits per heavy atom. The topological polar surface area (TPSA) is 44.8 Å². The van der Waals surface area contributed by atoms with E-state index in [0.717, 1.165) is 25.7 Å². The van der Waals surface area contributed by atoms with Gasteiger partial charge in [-0.05, 0) is 12.8 Å². The largest absolute Gasteiger partial charge is 0.463 e. The molecule has 0 aliphatic heterocycles. The zero-order valence-electron chi connectivity index (χ0n) is 11.4. The minimum absolute atomic E-state index is 0.0499. The van der Waals surface area contributed by atoms with E-state index in [0.29, 0.717) is 26.4 Å². The van der Waals surface area contributed by atoms with Crippen molar-refractivity contribution in [3.63, 3.8) is 0 Å². The normalized spacial score (nSPS) is 12.4. The molecule has 4 nitrogen and oxygen atoms in total. The van der Waals surface area contributed by atoms with Crippen molar-refractivity contribution >= 4 is 5.97 Å². The molecule has 0 amide bonds. The zero-order valence-corrected chi connectivity index (χ0v) is 11.4. The number of carbonyl (C=O) groups excluding carboxylic acids is 1. The van der Waals surface area contributed by atoms with Gasteiger partial charge in [-0.2, -0.15) is 0 Å². The summed E-state index contributed by atoms with van der Waals surface area (Å²) in [6.45, 7) is 6.05. The van der Waals surface area contributed by atoms with E-state index in [-0.39, 0.29) is 11.9 Å². The van der Waals surface area contributed by atoms with Gasteiger partial charge in [0.25, 0.3) is 0 Å². The molecular weight excluding hydrogens is 220 g/mol. The summed E-state index contributed by atoms with van der Waals surface area (Å²) >= 11 is 0. The second kappa shape index (κ2) is 11.9. The maximum atomic E-state index is 11.7. The number of unbranched alkanes of at least 4 members (excludes halogenated alkanes) is 1. The Bertz CT molecular complexity index is 182. The molecule has 0 aromatic rings. The van der Waals surface area contributed by atoms with Crippen LogP contribution < -0.4 is 0 Å². The highest BCUT2D eigenvalue weighted by Crippen LogP contribution is 2.14. The van der Waals surface area contributed by atoms with Gasteiger partial charge in [0.05, 0.1) is 25.7 Å². The fourth-order valence-electron chi connectivity index (χ4n) is 1.50. The molecule has 4 heteroatoms. The van der Waals surface area contributed by atoms with E-state index in [1.165, 1.54) is 0 Å². The number of rotatable bonds is 11. The number of ether oxygens (including phenoxy) is 3. The number of carbonyl (C=O) groups is 1. The monoisotopic (exact) mass is 246 g/mol. The molecule has 1 atom stereocenters. The molecule has 0 saturated carbocycles. The van der Waals surface area contributed by atoms with Gasteiger partial charge in [-0.15, -0.1) is 0 Å². The fourth-order valence-corrected chi connectivity index (χ4v) is 1.50. The first-order valence-corrected chi connectivity index (χ1v) is 6.49. The molecule has 0 rings (SSSR count). The van der Waals surface area contributed by atoms with Crippen molar-refractivity contribution in [2.75, 3.05) is 33.5 Å². The highest BCUT2D eigenvalue weighted by molar-refractivity contribution is 5.72. The van der Waals surface area contributed by atoms with Crippen LogP contribution in [0.3, 0.4) is 0 Å². The number of methoxy groups -OCH3 is 1. The molecule has 0 aromatic heterocycles. The van der Waals surface area contributed by atoms with Crippen molar-refractivity contribution in [2.45, 2.75) is 39.5 Å². The van der Waals surface area contributed by atoms with E-state index in [1.807, 2.05) is 6.92 Å². The second-order valence-electron chi connectivity index (χ2n) is 4.02. The summed E-state index contributed by atoms with van der Waals surface area (Å²) < 4.78 is 15.2. The molecule has 0 aliphatic rings. The Morgan fingerprint density at radius 3 is 2.41 bits per heavy atom. The van der Waals surface area contributed by atoms with Crippen LogP contribution in [0.15, 0.2) is 0 Å². The number of hydrogen-bond acceptors (Lipinski definition) is 4. The molecule has 0 aromatic carbocycles. The van der Waals surface area contributed by atoms with Crippen molar-refractivity contribution in [2.24, 2.45) is 5.92 Å². The lowest BCUT2D eigenvalue weighted by atomic mass is 10.00. The van der Waals surface area contributed by atoms with E-state index < -0.39 is 0 Å². The molecule has 0 saturated heterocycles. The zero-order chi connectivity index (χ0) is 12.9. The Balaban J connectivity index is 3.54. The van der Waals surface area contributed by atoms with Gasteiger partial charge >= 0.3 is 5.97 Å². The predicted octanol–water partition coefficient (Wildman–Crippen LogP) is 2.41. The van der Waals surface area contributed by atoms with Crippen LogP contribution in [0.2, 0.25) is 0 Å². The number of esters is 1. The summed E-state index contributed by atoms with van der Waals surface area (Å²) in [7, 11) is 1.63. The second-order valence-corrected chi connectivity index (χ2v) is 4.02. The summed E-state index contributed by atoms with van der Waals surface area (Å²) in [5.41, 5.74) is 0. The van der Waals surface area contributed by atoms with E-state index in [1.54, 1.807) is 7.11 Å². The summed E-state index contributed by atoms with van der Waals surface area (Å²) in [4.78, 5) is 11.7. The van der Waals surface area contributed by atoms with Crippen LogP contribution in [0, 0.1) is 5.92 Å². The third kappa shape index (κ3) is 9.12. The molecule has 102 valence electrons. The van der Waals surface area contributed by atoms with Crippen LogP contribution in [0.5, 0.6) is 0 Å². The molecule has 0 radical (unpaired) electrons. The van der Waals surface area contributed by atoms with E-state index >= 15 is 0 Å². The molecule has 0 fully saturated rings. The summed E-state index contributed by atoms with van der Waals surface area (Å²) in [6.07, 6.45) is 3.97. The minimum Gasteiger partial charge on any atom is -0.463 e. The highest BCUT2D eigenvalue weighted by atomic mass is 16.6. The first-order valence-electron chi connectivity index (χ1n) is 6.49. The van der Waals surface area contributed by atoms with Gasteiger partial charge in [-0.25, -0.2) is 0 Å². The average molecular weight is 246 g/mol. The van der Waals surface area contributed by atoms with Gasteiger partial charge in [0.15, 0.2) is 0 Å². The van der Waals surface area contributed by atoms with Crippen molar-refractivity contribution in [1.82, 2.24) is 0 Å². The number of hydrogen-bond donors (Lipinski definition) is 0. The maximum Gasteiger partial charge on any atom is 0.308 e. The lowest BCUT2D eigenvalue weighted by Gasteiger charge is -2.13. The first-order chi connectivity index (χ1) is 8.26. The van der Waals surface area contributed by atoms with Gasteiger partial charge < -0.3 is 14.2 Å². The smallest absolute Gasteiger partial charge is 0.308 e. The van der Waals surface area contributed by atoms with Crippen molar-refractivity contribution in [1.29, 1.82) is 0 Å². The fraction of sp³-hybridized carbons (Fsp3) is 0.923. The van der Waals surface area contributed by atoms with Crippen molar-refractivity contribution < 1.29 is 19.0 Å². The third-order valence-corrected chi connectivity index (χ3v) is 2.64. The first kappa shape index (κ1) is 16.4. The predicted molar refractivity (Wildman–Crippen MR) is 67.0 cm³/mol. The van der Waals surface area contributed by atoms with E-state index in [2.05, 4.69) is 6.92 Å². The minimum atomic E-state index is -0.0868. The molecule has 0 N–H and O–H groups in total. The van der Waals surface area contributed by atoms with E-state index in [4.69, 9.17) is 14.2 Å². The SMILES string of the molecule is CCCCC(CC)C(=O)OCCOCCOC. The van der Waals surface area contributed by atoms with Gasteiger partial charge in [0.2, 0.25) is 0 Å². The molecule has 0 aliphatic carbocycles. The summed E-state index contributed by atoms with van der Waals surface area (Å²) in [5.74, 6) is -0.0368. The molecular formula is C13H26O4. The Kier molecular flexibility index (Phi) is 11.4. The van der Waals surface area contributed by atoms with E-state index in [9.17, 15) is 4.79 Å². The Morgan fingerprint density at radius 2 is 1.82 bits per heavy atom. The molecule has 1 unspecified atom stereocenters. The summed E-state index contributed by atoms with van der Waals surface area (Å²) in [6, 6.07) is 0. The summed E-state index contributed by atoms with van der Waals surface area (Å²) in [5, 5.41) is 0. The van der Waals surface area contributed by atoms with Crippen LogP contribution in [0.4, 0.5) is 0 Å². The molecule has 0 heterocycles. The van der Waals surface area contributed by atoms with Crippen LogP contribution in [-0.4, -0.2) is 39.5 Å². The standard InChI is InChI=1S/C13H26O4/c1-4-6-7-12(5-2)13(14)17-11-10-16-9-8-15-3/h12H,4-11H2,1-3H3. The van der Waals surface area contributed by atoms with Crippen molar-refractivity contribution in [3.05, 3.63) is 0 Å². The third-order valence-electron chi connectivity index (χ3n) is 2.64. The Hall–Kier alpha value is -0.610. The molecule has 0 bridgehead atoms. The van der Waals surface area contributed by atoms with Crippen molar-refractivity contribution in [3.8, 4) is 0 Å². The van der Waals surface area contributed by atoms with Gasteiger partial charge in [-0.3, -0.25) is 4.79 Å². The van der Waals surface area contributed by atoms with Crippen LogP contribution in [-0.2, 0) is 19.0 Å².